The first-order chi connectivity index (χ1) is 9.29. The molecule has 0 unspecified atom stereocenters. The van der Waals surface area contributed by atoms with Crippen molar-refractivity contribution in [3.8, 4) is 5.75 Å². The van der Waals surface area contributed by atoms with E-state index >= 15 is 0 Å². The molecule has 19 heavy (non-hydrogen) atoms. The van der Waals surface area contributed by atoms with Gasteiger partial charge in [-0.2, -0.15) is 0 Å². The molecule has 2 fully saturated rings. The van der Waals surface area contributed by atoms with Gasteiger partial charge in [0.25, 0.3) is 0 Å². The summed E-state index contributed by atoms with van der Waals surface area (Å²) in [5.74, 6) is 1.35. The van der Waals surface area contributed by atoms with Gasteiger partial charge in [0.15, 0.2) is 0 Å². The van der Waals surface area contributed by atoms with Crippen molar-refractivity contribution in [2.75, 3.05) is 20.2 Å². The fourth-order valence-electron chi connectivity index (χ4n) is 3.29. The minimum absolute atomic E-state index is 0.184. The van der Waals surface area contributed by atoms with E-state index in [1.165, 1.54) is 5.56 Å². The summed E-state index contributed by atoms with van der Waals surface area (Å²) in [7, 11) is 1.71. The van der Waals surface area contributed by atoms with E-state index in [0.29, 0.717) is 6.04 Å². The van der Waals surface area contributed by atoms with Crippen molar-refractivity contribution in [2.45, 2.75) is 25.4 Å². The number of methoxy groups -OCH3 is 1. The highest BCUT2D eigenvalue weighted by Gasteiger charge is 2.40. The first kappa shape index (κ1) is 12.5. The molecule has 2 saturated heterocycles. The van der Waals surface area contributed by atoms with E-state index in [2.05, 4.69) is 16.3 Å². The monoisotopic (exact) mass is 260 g/mol. The van der Waals surface area contributed by atoms with Crippen LogP contribution in [-0.4, -0.2) is 37.0 Å². The van der Waals surface area contributed by atoms with Gasteiger partial charge in [-0.05, 0) is 25.5 Å². The third kappa shape index (κ3) is 2.32. The second-order valence-corrected chi connectivity index (χ2v) is 5.34. The zero-order chi connectivity index (χ0) is 13.2. The van der Waals surface area contributed by atoms with E-state index in [0.717, 1.165) is 38.2 Å². The number of benzene rings is 1. The predicted octanol–water partition coefficient (Wildman–Crippen LogP) is 1.41. The molecule has 1 amide bonds. The Morgan fingerprint density at radius 2 is 2.26 bits per heavy atom. The van der Waals surface area contributed by atoms with Crippen LogP contribution in [0.3, 0.4) is 0 Å². The summed E-state index contributed by atoms with van der Waals surface area (Å²) in [6.45, 7) is 2.72. The minimum Gasteiger partial charge on any atom is -0.496 e. The Bertz CT molecular complexity index is 475. The number of para-hydroxylation sites is 1. The van der Waals surface area contributed by atoms with Crippen molar-refractivity contribution in [1.82, 2.24) is 10.2 Å². The van der Waals surface area contributed by atoms with Crippen LogP contribution in [0.4, 0.5) is 0 Å². The first-order valence-electron chi connectivity index (χ1n) is 6.93. The van der Waals surface area contributed by atoms with Crippen molar-refractivity contribution in [3.05, 3.63) is 29.8 Å². The van der Waals surface area contributed by atoms with E-state index in [1.807, 2.05) is 18.2 Å². The Morgan fingerprint density at radius 1 is 1.42 bits per heavy atom. The molecule has 1 N–H and O–H groups in total. The Balaban J connectivity index is 1.77. The molecule has 0 aliphatic carbocycles. The zero-order valence-corrected chi connectivity index (χ0v) is 11.3. The van der Waals surface area contributed by atoms with E-state index in [-0.39, 0.29) is 11.8 Å². The van der Waals surface area contributed by atoms with Gasteiger partial charge < -0.3 is 10.1 Å². The molecule has 3 rings (SSSR count). The van der Waals surface area contributed by atoms with Gasteiger partial charge in [-0.3, -0.25) is 9.69 Å². The predicted molar refractivity (Wildman–Crippen MR) is 72.9 cm³/mol. The number of carbonyl (C=O) groups is 1. The van der Waals surface area contributed by atoms with Crippen LogP contribution in [0.25, 0.3) is 0 Å². The fraction of sp³-hybridized carbons (Fsp3) is 0.533. The maximum Gasteiger partial charge on any atom is 0.224 e. The number of piperidine rings is 1. The van der Waals surface area contributed by atoms with Crippen LogP contribution < -0.4 is 10.1 Å². The van der Waals surface area contributed by atoms with Crippen LogP contribution >= 0.6 is 0 Å². The molecule has 0 radical (unpaired) electrons. The highest BCUT2D eigenvalue weighted by molar-refractivity contribution is 5.82. The van der Waals surface area contributed by atoms with Gasteiger partial charge in [-0.1, -0.05) is 18.2 Å². The molecule has 1 aromatic carbocycles. The highest BCUT2D eigenvalue weighted by Crippen LogP contribution is 2.30. The second kappa shape index (κ2) is 5.21. The molecule has 0 aromatic heterocycles. The lowest BCUT2D eigenvalue weighted by Gasteiger charge is -2.36. The van der Waals surface area contributed by atoms with E-state index in [1.54, 1.807) is 7.11 Å². The highest BCUT2D eigenvalue weighted by atomic mass is 16.5. The topological polar surface area (TPSA) is 41.6 Å². The molecule has 2 atom stereocenters. The summed E-state index contributed by atoms with van der Waals surface area (Å²) in [6.07, 6.45) is 2.13. The summed E-state index contributed by atoms with van der Waals surface area (Å²) in [4.78, 5) is 14.2. The average molecular weight is 260 g/mol. The van der Waals surface area contributed by atoms with Gasteiger partial charge in [0, 0.05) is 24.7 Å². The number of ether oxygens (including phenoxy) is 1. The summed E-state index contributed by atoms with van der Waals surface area (Å²) < 4.78 is 5.41. The smallest absolute Gasteiger partial charge is 0.224 e. The Kier molecular flexibility index (Phi) is 3.42. The molecule has 0 bridgehead atoms. The Hall–Kier alpha value is -1.55. The normalized spacial score (nSPS) is 26.9. The maximum atomic E-state index is 11.8. The van der Waals surface area contributed by atoms with Crippen LogP contribution in [-0.2, 0) is 11.3 Å². The van der Waals surface area contributed by atoms with Gasteiger partial charge >= 0.3 is 0 Å². The Morgan fingerprint density at radius 3 is 3.11 bits per heavy atom. The first-order valence-corrected chi connectivity index (χ1v) is 6.93. The van der Waals surface area contributed by atoms with Crippen molar-refractivity contribution in [2.24, 2.45) is 5.92 Å². The van der Waals surface area contributed by atoms with E-state index in [9.17, 15) is 4.79 Å². The van der Waals surface area contributed by atoms with Crippen molar-refractivity contribution in [3.63, 3.8) is 0 Å². The molecule has 2 aliphatic rings. The van der Waals surface area contributed by atoms with Gasteiger partial charge in [0.05, 0.1) is 13.0 Å². The third-order valence-electron chi connectivity index (χ3n) is 4.28. The number of nitrogens with one attached hydrogen (secondary N) is 1. The molecule has 0 saturated carbocycles. The summed E-state index contributed by atoms with van der Waals surface area (Å²) in [6, 6.07) is 8.48. The number of fused-ring (bicyclic) bond motifs is 1. The van der Waals surface area contributed by atoms with Crippen LogP contribution in [0.1, 0.15) is 18.4 Å². The lowest BCUT2D eigenvalue weighted by atomic mass is 9.91. The number of amides is 1. The van der Waals surface area contributed by atoms with E-state index in [4.69, 9.17) is 4.74 Å². The standard InChI is InChI=1S/C15H20N2O2/c1-19-14-7-3-2-5-11(14)10-17-8-4-6-12-13(17)9-16-15(12)18/h2-3,5,7,12-13H,4,6,8-10H2,1H3,(H,16,18)/t12-,13-/m1/s1. The maximum absolute atomic E-state index is 11.8. The largest absolute Gasteiger partial charge is 0.496 e. The van der Waals surface area contributed by atoms with Crippen LogP contribution in [0.2, 0.25) is 0 Å². The summed E-state index contributed by atoms with van der Waals surface area (Å²) in [5, 5.41) is 2.99. The summed E-state index contributed by atoms with van der Waals surface area (Å²) in [5.41, 5.74) is 1.20. The molecule has 0 spiro atoms. The number of nitrogens with zero attached hydrogens (tertiary/aromatic N) is 1. The quantitative estimate of drug-likeness (QED) is 0.893. The fourth-order valence-corrected chi connectivity index (χ4v) is 3.29. The number of hydrogen-bond acceptors (Lipinski definition) is 3. The van der Waals surface area contributed by atoms with Gasteiger partial charge in [0.2, 0.25) is 5.91 Å². The number of carbonyl (C=O) groups excluding carboxylic acids is 1. The third-order valence-corrected chi connectivity index (χ3v) is 4.28. The van der Waals surface area contributed by atoms with Gasteiger partial charge in [-0.25, -0.2) is 0 Å². The van der Waals surface area contributed by atoms with Crippen molar-refractivity contribution < 1.29 is 9.53 Å². The number of likely N-dealkylation sites (tertiary alicyclic amines) is 1. The molecule has 2 heterocycles. The summed E-state index contributed by atoms with van der Waals surface area (Å²) >= 11 is 0. The lowest BCUT2D eigenvalue weighted by Crippen LogP contribution is -2.44. The molecule has 4 nitrogen and oxygen atoms in total. The van der Waals surface area contributed by atoms with Gasteiger partial charge in [-0.15, -0.1) is 0 Å². The molecular weight excluding hydrogens is 240 g/mol. The molecule has 102 valence electrons. The van der Waals surface area contributed by atoms with Crippen LogP contribution in [0.5, 0.6) is 5.75 Å². The zero-order valence-electron chi connectivity index (χ0n) is 11.3. The minimum atomic E-state index is 0.184. The SMILES string of the molecule is COc1ccccc1CN1CCC[C@H]2C(=O)NC[C@H]21. The molecular formula is C15H20N2O2. The van der Waals surface area contributed by atoms with Crippen LogP contribution in [0, 0.1) is 5.92 Å². The number of hydrogen-bond donors (Lipinski definition) is 1. The second-order valence-electron chi connectivity index (χ2n) is 5.34. The van der Waals surface area contributed by atoms with Crippen LogP contribution in [0.15, 0.2) is 24.3 Å². The number of rotatable bonds is 3. The van der Waals surface area contributed by atoms with Crippen molar-refractivity contribution >= 4 is 5.91 Å². The van der Waals surface area contributed by atoms with Gasteiger partial charge in [0.1, 0.15) is 5.75 Å². The van der Waals surface area contributed by atoms with Crippen molar-refractivity contribution in [1.29, 1.82) is 0 Å². The average Bonchev–Trinajstić information content (AvgIpc) is 2.82. The molecule has 2 aliphatic heterocycles. The Labute approximate surface area is 113 Å². The van der Waals surface area contributed by atoms with E-state index < -0.39 is 0 Å². The molecule has 1 aromatic rings. The molecule has 4 heteroatoms. The lowest BCUT2D eigenvalue weighted by molar-refractivity contribution is -0.124.